The second-order valence-corrected chi connectivity index (χ2v) is 4.43. The van der Waals surface area contributed by atoms with E-state index in [1.54, 1.807) is 12.4 Å². The zero-order valence-electron chi connectivity index (χ0n) is 10.6. The highest BCUT2D eigenvalue weighted by Crippen LogP contribution is 2.28. The highest BCUT2D eigenvalue weighted by molar-refractivity contribution is 5.78. The molecule has 1 aromatic heterocycles. The lowest BCUT2D eigenvalue weighted by molar-refractivity contribution is 0.739. The van der Waals surface area contributed by atoms with E-state index in [0.717, 1.165) is 25.2 Å². The van der Waals surface area contributed by atoms with Gasteiger partial charge in [0.2, 0.25) is 5.95 Å². The van der Waals surface area contributed by atoms with Crippen LogP contribution in [0, 0.1) is 0 Å². The fourth-order valence-corrected chi connectivity index (χ4v) is 2.22. The standard InChI is InChI=1S/C15H16N4/c1-2-5-14(19-15-17-8-3-9-18-15)13(4-1)12-6-10-16-11-7-12/h1-6,8-9,16H,7,10-11H2,(H,17,18,19). The quantitative estimate of drug-likeness (QED) is 0.881. The van der Waals surface area contributed by atoms with Crippen LogP contribution in [0.5, 0.6) is 0 Å². The second-order valence-electron chi connectivity index (χ2n) is 4.43. The summed E-state index contributed by atoms with van der Waals surface area (Å²) >= 11 is 0. The Bertz CT molecular complexity index is 578. The van der Waals surface area contributed by atoms with Crippen LogP contribution < -0.4 is 10.6 Å². The van der Waals surface area contributed by atoms with Gasteiger partial charge in [-0.2, -0.15) is 0 Å². The lowest BCUT2D eigenvalue weighted by Crippen LogP contribution is -2.20. The van der Waals surface area contributed by atoms with Crippen molar-refractivity contribution in [1.82, 2.24) is 15.3 Å². The molecule has 0 amide bonds. The Kier molecular flexibility index (Phi) is 3.51. The number of nitrogens with zero attached hydrogens (tertiary/aromatic N) is 2. The lowest BCUT2D eigenvalue weighted by atomic mass is 9.98. The molecular formula is C15H16N4. The Morgan fingerprint density at radius 3 is 2.68 bits per heavy atom. The van der Waals surface area contributed by atoms with E-state index in [2.05, 4.69) is 44.9 Å². The van der Waals surface area contributed by atoms with Crippen molar-refractivity contribution < 1.29 is 0 Å². The van der Waals surface area contributed by atoms with Crippen molar-refractivity contribution in [2.24, 2.45) is 0 Å². The van der Waals surface area contributed by atoms with E-state index >= 15 is 0 Å². The monoisotopic (exact) mass is 252 g/mol. The van der Waals surface area contributed by atoms with Gasteiger partial charge in [0.25, 0.3) is 0 Å². The third-order valence-corrected chi connectivity index (χ3v) is 3.15. The SMILES string of the molecule is C1=C(c2ccccc2Nc2ncccn2)CCNC1. The van der Waals surface area contributed by atoms with E-state index in [1.807, 2.05) is 12.1 Å². The summed E-state index contributed by atoms with van der Waals surface area (Å²) in [5.41, 5.74) is 3.66. The van der Waals surface area contributed by atoms with E-state index in [0.29, 0.717) is 5.95 Å². The Morgan fingerprint density at radius 1 is 1.05 bits per heavy atom. The van der Waals surface area contributed by atoms with Crippen LogP contribution in [0.25, 0.3) is 5.57 Å². The van der Waals surface area contributed by atoms with Gasteiger partial charge in [0, 0.05) is 30.2 Å². The van der Waals surface area contributed by atoms with Gasteiger partial charge in [0.1, 0.15) is 0 Å². The molecule has 0 radical (unpaired) electrons. The first-order chi connectivity index (χ1) is 9.43. The Morgan fingerprint density at radius 2 is 1.89 bits per heavy atom. The fraction of sp³-hybridized carbons (Fsp3) is 0.200. The van der Waals surface area contributed by atoms with Crippen molar-refractivity contribution in [2.75, 3.05) is 18.4 Å². The average Bonchev–Trinajstić information content (AvgIpc) is 2.50. The van der Waals surface area contributed by atoms with Crippen molar-refractivity contribution in [3.05, 3.63) is 54.4 Å². The molecular weight excluding hydrogens is 236 g/mol. The molecule has 2 N–H and O–H groups in total. The fourth-order valence-electron chi connectivity index (χ4n) is 2.22. The predicted molar refractivity (Wildman–Crippen MR) is 77.2 cm³/mol. The summed E-state index contributed by atoms with van der Waals surface area (Å²) in [6, 6.07) is 10.1. The topological polar surface area (TPSA) is 49.8 Å². The normalized spacial score (nSPS) is 14.8. The molecule has 0 atom stereocenters. The molecule has 0 fully saturated rings. The molecule has 0 aliphatic carbocycles. The third kappa shape index (κ3) is 2.80. The number of rotatable bonds is 3. The summed E-state index contributed by atoms with van der Waals surface area (Å²) in [7, 11) is 0. The van der Waals surface area contributed by atoms with Crippen LogP contribution in [-0.4, -0.2) is 23.1 Å². The molecule has 4 nitrogen and oxygen atoms in total. The summed E-state index contributed by atoms with van der Waals surface area (Å²) in [4.78, 5) is 8.41. The second kappa shape index (κ2) is 5.63. The van der Waals surface area contributed by atoms with Crippen molar-refractivity contribution in [2.45, 2.75) is 6.42 Å². The molecule has 0 unspecified atom stereocenters. The highest BCUT2D eigenvalue weighted by atomic mass is 15.1. The highest BCUT2D eigenvalue weighted by Gasteiger charge is 2.10. The van der Waals surface area contributed by atoms with Crippen LogP contribution >= 0.6 is 0 Å². The molecule has 2 aromatic rings. The molecule has 1 aliphatic heterocycles. The number of anilines is 2. The average molecular weight is 252 g/mol. The maximum atomic E-state index is 4.21. The molecule has 4 heteroatoms. The summed E-state index contributed by atoms with van der Waals surface area (Å²) < 4.78 is 0. The van der Waals surface area contributed by atoms with Crippen molar-refractivity contribution >= 4 is 17.2 Å². The molecule has 0 saturated carbocycles. The van der Waals surface area contributed by atoms with Crippen LogP contribution in [0.2, 0.25) is 0 Å². The molecule has 0 saturated heterocycles. The van der Waals surface area contributed by atoms with Gasteiger partial charge in [-0.1, -0.05) is 24.3 Å². The number of nitrogens with one attached hydrogen (secondary N) is 2. The summed E-state index contributed by atoms with van der Waals surface area (Å²) in [5.74, 6) is 0.629. The molecule has 0 spiro atoms. The molecule has 1 aromatic carbocycles. The van der Waals surface area contributed by atoms with Gasteiger partial charge in [-0.3, -0.25) is 0 Å². The first kappa shape index (κ1) is 11.9. The predicted octanol–water partition coefficient (Wildman–Crippen LogP) is 2.60. The first-order valence-electron chi connectivity index (χ1n) is 6.47. The van der Waals surface area contributed by atoms with E-state index in [4.69, 9.17) is 0 Å². The molecule has 1 aliphatic rings. The molecule has 96 valence electrons. The summed E-state index contributed by atoms with van der Waals surface area (Å²) in [6.45, 7) is 1.97. The van der Waals surface area contributed by atoms with Crippen molar-refractivity contribution in [3.63, 3.8) is 0 Å². The van der Waals surface area contributed by atoms with Crippen molar-refractivity contribution in [1.29, 1.82) is 0 Å². The Balaban J connectivity index is 1.91. The number of aromatic nitrogens is 2. The van der Waals surface area contributed by atoms with E-state index in [-0.39, 0.29) is 0 Å². The van der Waals surface area contributed by atoms with Crippen LogP contribution in [-0.2, 0) is 0 Å². The van der Waals surface area contributed by atoms with Gasteiger partial charge in [-0.15, -0.1) is 0 Å². The van der Waals surface area contributed by atoms with E-state index in [9.17, 15) is 0 Å². The van der Waals surface area contributed by atoms with Gasteiger partial charge in [-0.25, -0.2) is 9.97 Å². The number of hydrogen-bond donors (Lipinski definition) is 2. The molecule has 0 bridgehead atoms. The first-order valence-corrected chi connectivity index (χ1v) is 6.47. The van der Waals surface area contributed by atoms with Crippen LogP contribution in [0.1, 0.15) is 12.0 Å². The van der Waals surface area contributed by atoms with Gasteiger partial charge < -0.3 is 10.6 Å². The van der Waals surface area contributed by atoms with E-state index < -0.39 is 0 Å². The summed E-state index contributed by atoms with van der Waals surface area (Å²) in [6.07, 6.45) is 6.77. The van der Waals surface area contributed by atoms with Gasteiger partial charge >= 0.3 is 0 Å². The van der Waals surface area contributed by atoms with Gasteiger partial charge in [0.15, 0.2) is 0 Å². The Hall–Kier alpha value is -2.20. The van der Waals surface area contributed by atoms with Crippen LogP contribution in [0.4, 0.5) is 11.6 Å². The zero-order valence-corrected chi connectivity index (χ0v) is 10.6. The Labute approximate surface area is 112 Å². The molecule has 19 heavy (non-hydrogen) atoms. The maximum absolute atomic E-state index is 4.21. The van der Waals surface area contributed by atoms with Gasteiger partial charge in [0.05, 0.1) is 0 Å². The smallest absolute Gasteiger partial charge is 0.227 e. The zero-order chi connectivity index (χ0) is 12.9. The summed E-state index contributed by atoms with van der Waals surface area (Å²) in [5, 5.41) is 6.62. The number of para-hydroxylation sites is 1. The largest absolute Gasteiger partial charge is 0.324 e. The third-order valence-electron chi connectivity index (χ3n) is 3.15. The maximum Gasteiger partial charge on any atom is 0.227 e. The minimum atomic E-state index is 0.629. The minimum absolute atomic E-state index is 0.629. The minimum Gasteiger partial charge on any atom is -0.324 e. The molecule has 3 rings (SSSR count). The lowest BCUT2D eigenvalue weighted by Gasteiger charge is -2.17. The van der Waals surface area contributed by atoms with Crippen molar-refractivity contribution in [3.8, 4) is 0 Å². The number of hydrogen-bond acceptors (Lipinski definition) is 4. The van der Waals surface area contributed by atoms with Gasteiger partial charge in [-0.05, 0) is 30.7 Å². The number of benzene rings is 1. The molecule has 2 heterocycles. The van der Waals surface area contributed by atoms with Crippen LogP contribution in [0.3, 0.4) is 0 Å². The van der Waals surface area contributed by atoms with Crippen LogP contribution in [0.15, 0.2) is 48.8 Å². The van der Waals surface area contributed by atoms with E-state index in [1.165, 1.54) is 11.1 Å².